The first-order chi connectivity index (χ1) is 16.6. The number of anilines is 2. The van der Waals surface area contributed by atoms with Crippen molar-refractivity contribution in [2.75, 3.05) is 5.32 Å². The highest BCUT2D eigenvalue weighted by Gasteiger charge is 2.36. The summed E-state index contributed by atoms with van der Waals surface area (Å²) in [5, 5.41) is 14.6. The van der Waals surface area contributed by atoms with Gasteiger partial charge in [0, 0.05) is 11.3 Å². The molecule has 0 bridgehead atoms. The number of hydrogen-bond donors (Lipinski definition) is 3. The summed E-state index contributed by atoms with van der Waals surface area (Å²) in [4.78, 5) is 27.7. The molecule has 11 heteroatoms. The summed E-state index contributed by atoms with van der Waals surface area (Å²) >= 11 is 1.32. The van der Waals surface area contributed by atoms with E-state index >= 15 is 0 Å². The van der Waals surface area contributed by atoms with Crippen LogP contribution in [0.5, 0.6) is 0 Å². The van der Waals surface area contributed by atoms with E-state index in [1.807, 2.05) is 29.6 Å². The van der Waals surface area contributed by atoms with Gasteiger partial charge in [0.1, 0.15) is 11.9 Å². The van der Waals surface area contributed by atoms with Gasteiger partial charge >= 0.3 is 12.1 Å². The Morgan fingerprint density at radius 2 is 1.60 bits per heavy atom. The molecule has 0 aliphatic rings. The number of carboxylic acid groups (broad SMARTS) is 1. The van der Waals surface area contributed by atoms with E-state index in [0.717, 1.165) is 21.5 Å². The number of nitrogens with one attached hydrogen (secondary N) is 2. The van der Waals surface area contributed by atoms with Gasteiger partial charge in [0.05, 0.1) is 16.6 Å². The molecular weight excluding hydrogens is 486 g/mol. The number of aromatic nitrogens is 1. The number of hydrogen-bond acceptors (Lipinski definition) is 5. The van der Waals surface area contributed by atoms with Crippen molar-refractivity contribution in [2.45, 2.75) is 18.6 Å². The molecule has 6 nitrogen and oxygen atoms in total. The largest absolute Gasteiger partial charge is 0.480 e. The molecule has 35 heavy (non-hydrogen) atoms. The summed E-state index contributed by atoms with van der Waals surface area (Å²) in [5.74, 6) is -3.01. The van der Waals surface area contributed by atoms with Gasteiger partial charge in [-0.15, -0.1) is 0 Å². The Balaban J connectivity index is 1.42. The van der Waals surface area contributed by atoms with Gasteiger partial charge in [-0.25, -0.2) is 14.2 Å². The third-order valence-corrected chi connectivity index (χ3v) is 5.94. The van der Waals surface area contributed by atoms with Gasteiger partial charge in [-0.3, -0.25) is 4.79 Å². The van der Waals surface area contributed by atoms with E-state index < -0.39 is 30.5 Å². The van der Waals surface area contributed by atoms with Crippen molar-refractivity contribution in [2.24, 2.45) is 0 Å². The minimum atomic E-state index is -4.73. The Kier molecular flexibility index (Phi) is 6.70. The van der Waals surface area contributed by atoms with Gasteiger partial charge in [-0.2, -0.15) is 13.2 Å². The molecule has 0 aliphatic heterocycles. The standard InChI is InChI=1S/C24H17F4N3O3S/c25-16-7-10-18-20(11-16)35-23(31-18)29-17-8-5-14(6-9-17)13-1-3-15(4-2-13)21(32)30-19(22(33)34)12-24(26,27)28/h1-11,19H,12H2,(H,29,31)(H,30,32)(H,33,34). The smallest absolute Gasteiger partial charge is 0.391 e. The maximum Gasteiger partial charge on any atom is 0.391 e. The highest BCUT2D eigenvalue weighted by Crippen LogP contribution is 2.30. The lowest BCUT2D eigenvalue weighted by Crippen LogP contribution is -2.43. The molecule has 1 unspecified atom stereocenters. The second-order valence-corrected chi connectivity index (χ2v) is 8.63. The third kappa shape index (κ3) is 6.12. The van der Waals surface area contributed by atoms with Crippen LogP contribution in [0.1, 0.15) is 16.8 Å². The molecule has 0 radical (unpaired) electrons. The Morgan fingerprint density at radius 1 is 0.971 bits per heavy atom. The normalized spacial score (nSPS) is 12.3. The molecule has 1 amide bonds. The maximum atomic E-state index is 13.4. The van der Waals surface area contributed by atoms with Crippen LogP contribution in [-0.2, 0) is 4.79 Å². The van der Waals surface area contributed by atoms with Gasteiger partial charge in [-0.1, -0.05) is 35.6 Å². The van der Waals surface area contributed by atoms with Gasteiger partial charge < -0.3 is 15.7 Å². The molecule has 180 valence electrons. The molecule has 0 aliphatic carbocycles. The second-order valence-electron chi connectivity index (χ2n) is 7.59. The Morgan fingerprint density at radius 3 is 2.20 bits per heavy atom. The van der Waals surface area contributed by atoms with E-state index in [1.165, 1.54) is 35.6 Å². The van der Waals surface area contributed by atoms with Crippen molar-refractivity contribution in [1.82, 2.24) is 10.3 Å². The van der Waals surface area contributed by atoms with Crippen LogP contribution in [0.15, 0.2) is 66.7 Å². The minimum Gasteiger partial charge on any atom is -0.480 e. The second kappa shape index (κ2) is 9.71. The van der Waals surface area contributed by atoms with Crippen LogP contribution in [0.4, 0.5) is 28.4 Å². The molecule has 4 rings (SSSR count). The minimum absolute atomic E-state index is 0.0349. The van der Waals surface area contributed by atoms with Crippen molar-refractivity contribution in [3.05, 3.63) is 78.1 Å². The van der Waals surface area contributed by atoms with E-state index in [2.05, 4.69) is 10.3 Å². The monoisotopic (exact) mass is 503 g/mol. The lowest BCUT2D eigenvalue weighted by atomic mass is 10.0. The highest BCUT2D eigenvalue weighted by atomic mass is 32.1. The highest BCUT2D eigenvalue weighted by molar-refractivity contribution is 7.22. The number of carbonyl (C=O) groups excluding carboxylic acids is 1. The van der Waals surface area contributed by atoms with Crippen molar-refractivity contribution < 1.29 is 32.3 Å². The zero-order valence-electron chi connectivity index (χ0n) is 17.8. The summed E-state index contributed by atoms with van der Waals surface area (Å²) in [6.07, 6.45) is -6.40. The average molecular weight is 503 g/mol. The van der Waals surface area contributed by atoms with Crippen LogP contribution in [0.3, 0.4) is 0 Å². The maximum absolute atomic E-state index is 13.4. The number of aliphatic carboxylic acids is 1. The van der Waals surface area contributed by atoms with Crippen LogP contribution in [-0.4, -0.2) is 34.2 Å². The molecular formula is C24H17F4N3O3S. The Bertz CT molecular complexity index is 1370. The number of alkyl halides is 3. The molecule has 1 heterocycles. The molecule has 0 spiro atoms. The number of benzene rings is 3. The molecule has 3 aromatic carbocycles. The van der Waals surface area contributed by atoms with Gasteiger partial charge in [0.25, 0.3) is 5.91 Å². The fraction of sp³-hybridized carbons (Fsp3) is 0.125. The van der Waals surface area contributed by atoms with E-state index in [-0.39, 0.29) is 11.4 Å². The molecule has 0 fully saturated rings. The van der Waals surface area contributed by atoms with Gasteiger partial charge in [0.2, 0.25) is 0 Å². The first kappa shape index (κ1) is 24.1. The molecule has 1 atom stereocenters. The zero-order chi connectivity index (χ0) is 25.2. The summed E-state index contributed by atoms with van der Waals surface area (Å²) in [6, 6.07) is 15.6. The third-order valence-electron chi connectivity index (χ3n) is 5.01. The predicted molar refractivity (Wildman–Crippen MR) is 124 cm³/mol. The molecule has 3 N–H and O–H groups in total. The Labute approximate surface area is 200 Å². The summed E-state index contributed by atoms with van der Waals surface area (Å²) in [7, 11) is 0. The number of carbonyl (C=O) groups is 2. The fourth-order valence-electron chi connectivity index (χ4n) is 3.31. The SMILES string of the molecule is O=C(NC(CC(F)(F)F)C(=O)O)c1ccc(-c2ccc(Nc3nc4ccc(F)cc4s3)cc2)cc1. The number of carboxylic acids is 1. The molecule has 4 aromatic rings. The van der Waals surface area contributed by atoms with Gasteiger partial charge in [-0.05, 0) is 53.6 Å². The van der Waals surface area contributed by atoms with Crippen molar-refractivity contribution >= 4 is 44.2 Å². The van der Waals surface area contributed by atoms with Crippen LogP contribution in [0.2, 0.25) is 0 Å². The first-order valence-electron chi connectivity index (χ1n) is 10.2. The fourth-order valence-corrected chi connectivity index (χ4v) is 4.22. The van der Waals surface area contributed by atoms with E-state index in [4.69, 9.17) is 5.11 Å². The number of halogens is 4. The lowest BCUT2D eigenvalue weighted by Gasteiger charge is -2.16. The van der Waals surface area contributed by atoms with E-state index in [0.29, 0.717) is 10.6 Å². The zero-order valence-corrected chi connectivity index (χ0v) is 18.6. The molecule has 1 aromatic heterocycles. The van der Waals surface area contributed by atoms with Gasteiger partial charge in [0.15, 0.2) is 5.13 Å². The number of rotatable bonds is 7. The van der Waals surface area contributed by atoms with E-state index in [1.54, 1.807) is 18.2 Å². The van der Waals surface area contributed by atoms with Crippen LogP contribution < -0.4 is 10.6 Å². The van der Waals surface area contributed by atoms with Crippen molar-refractivity contribution in [1.29, 1.82) is 0 Å². The van der Waals surface area contributed by atoms with Crippen LogP contribution in [0, 0.1) is 5.82 Å². The average Bonchev–Trinajstić information content (AvgIpc) is 3.19. The number of amides is 1. The lowest BCUT2D eigenvalue weighted by molar-refractivity contribution is -0.157. The number of thiazole rings is 1. The topological polar surface area (TPSA) is 91.3 Å². The first-order valence-corrected chi connectivity index (χ1v) is 11.0. The van der Waals surface area contributed by atoms with Crippen LogP contribution >= 0.6 is 11.3 Å². The predicted octanol–water partition coefficient (Wildman–Crippen LogP) is 5.98. The molecule has 0 saturated heterocycles. The van der Waals surface area contributed by atoms with Crippen LogP contribution in [0.25, 0.3) is 21.3 Å². The van der Waals surface area contributed by atoms with Crippen molar-refractivity contribution in [3.8, 4) is 11.1 Å². The quantitative estimate of drug-likeness (QED) is 0.270. The Hall–Kier alpha value is -3.99. The summed E-state index contributed by atoms with van der Waals surface area (Å²) in [5.41, 5.74) is 3.04. The summed E-state index contributed by atoms with van der Waals surface area (Å²) < 4.78 is 51.7. The van der Waals surface area contributed by atoms with E-state index in [9.17, 15) is 27.2 Å². The molecule has 0 saturated carbocycles. The number of fused-ring (bicyclic) bond motifs is 1. The summed E-state index contributed by atoms with van der Waals surface area (Å²) in [6.45, 7) is 0. The number of nitrogens with zero attached hydrogens (tertiary/aromatic N) is 1. The van der Waals surface area contributed by atoms with Crippen molar-refractivity contribution in [3.63, 3.8) is 0 Å².